The molecule has 2 aromatic rings. The van der Waals surface area contributed by atoms with E-state index < -0.39 is 6.09 Å². The summed E-state index contributed by atoms with van der Waals surface area (Å²) in [7, 11) is 0. The number of carbonyl (C=O) groups is 1. The fraction of sp³-hybridized carbons (Fsp3) is 0.0714. The number of ether oxygens (including phenoxy) is 1. The number of rotatable bonds is 3. The van der Waals surface area contributed by atoms with Crippen LogP contribution in [0.1, 0.15) is 5.56 Å². The predicted octanol–water partition coefficient (Wildman–Crippen LogP) is 4.80. The Morgan fingerprint density at radius 3 is 2.63 bits per heavy atom. The van der Waals surface area contributed by atoms with Crippen molar-refractivity contribution < 1.29 is 9.53 Å². The molecule has 0 saturated carbocycles. The summed E-state index contributed by atoms with van der Waals surface area (Å²) >= 11 is 5.60. The normalized spacial score (nSPS) is 10.0. The maximum atomic E-state index is 11.7. The maximum Gasteiger partial charge on any atom is 0.411 e. The molecule has 0 aliphatic carbocycles. The monoisotopic (exact) mass is 431 g/mol. The minimum atomic E-state index is -0.467. The first-order valence-corrected chi connectivity index (χ1v) is 7.45. The number of carbonyl (C=O) groups excluding carboxylic acids is 1. The largest absolute Gasteiger partial charge is 0.444 e. The molecule has 0 radical (unpaired) electrons. The molecular formula is C14H11BrINO2. The highest BCUT2D eigenvalue weighted by Gasteiger charge is 2.06. The Bertz CT molecular complexity index is 575. The third-order valence-corrected chi connectivity index (χ3v) is 3.71. The van der Waals surface area contributed by atoms with Gasteiger partial charge >= 0.3 is 6.09 Å². The molecule has 2 rings (SSSR count). The van der Waals surface area contributed by atoms with Crippen molar-refractivity contribution in [3.63, 3.8) is 0 Å². The van der Waals surface area contributed by atoms with E-state index in [1.54, 1.807) is 0 Å². The molecule has 0 heterocycles. The van der Waals surface area contributed by atoms with Gasteiger partial charge < -0.3 is 4.74 Å². The SMILES string of the molecule is O=C(Nc1ccc(I)cc1Br)OCc1ccccc1. The van der Waals surface area contributed by atoms with Crippen LogP contribution in [0.25, 0.3) is 0 Å². The van der Waals surface area contributed by atoms with Gasteiger partial charge in [-0.1, -0.05) is 30.3 Å². The van der Waals surface area contributed by atoms with Gasteiger partial charge in [0.15, 0.2) is 0 Å². The molecule has 0 aromatic heterocycles. The number of hydrogen-bond donors (Lipinski definition) is 1. The highest BCUT2D eigenvalue weighted by Crippen LogP contribution is 2.24. The maximum absolute atomic E-state index is 11.7. The Kier molecular flexibility index (Phi) is 5.21. The molecular weight excluding hydrogens is 421 g/mol. The predicted molar refractivity (Wildman–Crippen MR) is 87.1 cm³/mol. The third kappa shape index (κ3) is 4.50. The first-order chi connectivity index (χ1) is 9.15. The molecule has 0 saturated heterocycles. The second-order valence-corrected chi connectivity index (χ2v) is 5.91. The first-order valence-electron chi connectivity index (χ1n) is 5.58. The highest BCUT2D eigenvalue weighted by molar-refractivity contribution is 14.1. The smallest absolute Gasteiger partial charge is 0.411 e. The van der Waals surface area contributed by atoms with Crippen LogP contribution in [0.4, 0.5) is 10.5 Å². The van der Waals surface area contributed by atoms with Crippen molar-refractivity contribution in [1.82, 2.24) is 0 Å². The van der Waals surface area contributed by atoms with Crippen LogP contribution in [0.15, 0.2) is 53.0 Å². The zero-order valence-electron chi connectivity index (χ0n) is 9.90. The Balaban J connectivity index is 1.91. The fourth-order valence-corrected chi connectivity index (χ4v) is 2.86. The topological polar surface area (TPSA) is 38.3 Å². The van der Waals surface area contributed by atoms with E-state index in [9.17, 15) is 4.79 Å². The summed E-state index contributed by atoms with van der Waals surface area (Å²) < 4.78 is 7.06. The first kappa shape index (κ1) is 14.3. The van der Waals surface area contributed by atoms with Crippen LogP contribution in [0.2, 0.25) is 0 Å². The van der Waals surface area contributed by atoms with Crippen LogP contribution in [-0.2, 0) is 11.3 Å². The van der Waals surface area contributed by atoms with Gasteiger partial charge in [-0.2, -0.15) is 0 Å². The van der Waals surface area contributed by atoms with E-state index in [1.807, 2.05) is 48.5 Å². The van der Waals surface area contributed by atoms with Crippen molar-refractivity contribution in [2.75, 3.05) is 5.32 Å². The van der Waals surface area contributed by atoms with E-state index in [1.165, 1.54) is 0 Å². The fourth-order valence-electron chi connectivity index (χ4n) is 1.46. The average molecular weight is 432 g/mol. The summed E-state index contributed by atoms with van der Waals surface area (Å²) in [6, 6.07) is 15.2. The van der Waals surface area contributed by atoms with Crippen LogP contribution in [0, 0.1) is 3.57 Å². The van der Waals surface area contributed by atoms with Gasteiger partial charge in [0.25, 0.3) is 0 Å². The third-order valence-electron chi connectivity index (χ3n) is 2.38. The average Bonchev–Trinajstić information content (AvgIpc) is 2.41. The highest BCUT2D eigenvalue weighted by atomic mass is 127. The molecule has 19 heavy (non-hydrogen) atoms. The number of halogens is 2. The molecule has 0 fully saturated rings. The Labute approximate surface area is 133 Å². The van der Waals surface area contributed by atoms with Crippen molar-refractivity contribution in [3.8, 4) is 0 Å². The van der Waals surface area contributed by atoms with Gasteiger partial charge in [0.05, 0.1) is 5.69 Å². The Morgan fingerprint density at radius 1 is 1.21 bits per heavy atom. The molecule has 0 spiro atoms. The zero-order valence-corrected chi connectivity index (χ0v) is 13.6. The summed E-state index contributed by atoms with van der Waals surface area (Å²) in [5.74, 6) is 0. The number of anilines is 1. The van der Waals surface area contributed by atoms with Crippen molar-refractivity contribution in [3.05, 3.63) is 62.1 Å². The van der Waals surface area contributed by atoms with Gasteiger partial charge in [0, 0.05) is 8.04 Å². The summed E-state index contributed by atoms with van der Waals surface area (Å²) in [6.07, 6.45) is -0.467. The molecule has 0 atom stereocenters. The molecule has 0 unspecified atom stereocenters. The number of hydrogen-bond acceptors (Lipinski definition) is 2. The quantitative estimate of drug-likeness (QED) is 0.708. The number of amides is 1. The van der Waals surface area contributed by atoms with Crippen LogP contribution in [0.5, 0.6) is 0 Å². The van der Waals surface area contributed by atoms with Gasteiger partial charge in [-0.05, 0) is 62.3 Å². The summed E-state index contributed by atoms with van der Waals surface area (Å²) in [6.45, 7) is 0.259. The van der Waals surface area contributed by atoms with Crippen molar-refractivity contribution >= 4 is 50.3 Å². The van der Waals surface area contributed by atoms with Crippen molar-refractivity contribution in [1.29, 1.82) is 0 Å². The second kappa shape index (κ2) is 6.91. The Hall–Kier alpha value is -1.08. The van der Waals surface area contributed by atoms with Crippen LogP contribution >= 0.6 is 38.5 Å². The summed E-state index contributed by atoms with van der Waals surface area (Å²) in [5.41, 5.74) is 1.65. The lowest BCUT2D eigenvalue weighted by atomic mass is 10.2. The number of nitrogens with one attached hydrogen (secondary N) is 1. The van der Waals surface area contributed by atoms with E-state index in [-0.39, 0.29) is 6.61 Å². The molecule has 0 aliphatic rings. The minimum Gasteiger partial charge on any atom is -0.444 e. The molecule has 0 aliphatic heterocycles. The van der Waals surface area contributed by atoms with Gasteiger partial charge in [0.1, 0.15) is 6.61 Å². The second-order valence-electron chi connectivity index (χ2n) is 3.81. The van der Waals surface area contributed by atoms with Crippen LogP contribution in [-0.4, -0.2) is 6.09 Å². The molecule has 5 heteroatoms. The van der Waals surface area contributed by atoms with Crippen molar-refractivity contribution in [2.24, 2.45) is 0 Å². The molecule has 2 aromatic carbocycles. The van der Waals surface area contributed by atoms with Gasteiger partial charge in [0.2, 0.25) is 0 Å². The lowest BCUT2D eigenvalue weighted by Gasteiger charge is -2.08. The van der Waals surface area contributed by atoms with Gasteiger partial charge in [-0.25, -0.2) is 4.79 Å². The van der Waals surface area contributed by atoms with E-state index in [0.717, 1.165) is 13.6 Å². The minimum absolute atomic E-state index is 0.259. The number of benzene rings is 2. The summed E-state index contributed by atoms with van der Waals surface area (Å²) in [5, 5.41) is 2.70. The lowest BCUT2D eigenvalue weighted by Crippen LogP contribution is -2.13. The van der Waals surface area contributed by atoms with E-state index in [0.29, 0.717) is 5.69 Å². The standard InChI is InChI=1S/C14H11BrINO2/c15-12-8-11(16)6-7-13(12)17-14(18)19-9-10-4-2-1-3-5-10/h1-8H,9H2,(H,17,18). The van der Waals surface area contributed by atoms with Gasteiger partial charge in [-0.3, -0.25) is 5.32 Å². The van der Waals surface area contributed by atoms with E-state index >= 15 is 0 Å². The molecule has 3 nitrogen and oxygen atoms in total. The van der Waals surface area contributed by atoms with E-state index in [4.69, 9.17) is 4.74 Å². The molecule has 0 bridgehead atoms. The molecule has 1 amide bonds. The Morgan fingerprint density at radius 2 is 1.95 bits per heavy atom. The van der Waals surface area contributed by atoms with E-state index in [2.05, 4.69) is 43.8 Å². The van der Waals surface area contributed by atoms with Crippen LogP contribution in [0.3, 0.4) is 0 Å². The molecule has 1 N–H and O–H groups in total. The van der Waals surface area contributed by atoms with Crippen LogP contribution < -0.4 is 5.32 Å². The molecule has 98 valence electrons. The van der Waals surface area contributed by atoms with Gasteiger partial charge in [-0.15, -0.1) is 0 Å². The lowest BCUT2D eigenvalue weighted by molar-refractivity contribution is 0.155. The van der Waals surface area contributed by atoms with Crippen molar-refractivity contribution in [2.45, 2.75) is 6.61 Å². The zero-order chi connectivity index (χ0) is 13.7. The summed E-state index contributed by atoms with van der Waals surface area (Å²) in [4.78, 5) is 11.7.